The van der Waals surface area contributed by atoms with Gasteiger partial charge in [-0.15, -0.1) is 0 Å². The number of ether oxygens (including phenoxy) is 1. The monoisotopic (exact) mass is 233 g/mol. The van der Waals surface area contributed by atoms with Crippen molar-refractivity contribution in [3.8, 4) is 0 Å². The maximum absolute atomic E-state index is 12.1. The summed E-state index contributed by atoms with van der Waals surface area (Å²) in [5.74, 6) is -0.00824. The third-order valence-corrected chi connectivity index (χ3v) is 3.27. The Morgan fingerprint density at radius 2 is 2.24 bits per heavy atom. The van der Waals surface area contributed by atoms with Gasteiger partial charge in [-0.1, -0.05) is 18.2 Å². The Bertz CT molecular complexity index is 397. The minimum Gasteiger partial charge on any atom is -0.376 e. The van der Waals surface area contributed by atoms with E-state index in [1.54, 1.807) is 0 Å². The number of carbonyl (C=O) groups is 1. The van der Waals surface area contributed by atoms with Crippen molar-refractivity contribution in [3.63, 3.8) is 0 Å². The molecule has 1 aliphatic rings. The number of carbonyl (C=O) groups excluding carboxylic acids is 1. The van der Waals surface area contributed by atoms with Crippen LogP contribution >= 0.6 is 0 Å². The average Bonchev–Trinajstić information content (AvgIpc) is 2.82. The van der Waals surface area contributed by atoms with E-state index in [-0.39, 0.29) is 18.1 Å². The number of amides is 1. The Labute approximate surface area is 102 Å². The van der Waals surface area contributed by atoms with Crippen LogP contribution in [-0.2, 0) is 4.74 Å². The molecule has 1 fully saturated rings. The standard InChI is InChI=1S/C14H19NO2/c1-10-6-3-4-7-12(10)14(16)15-11(2)13-8-5-9-17-13/h3-4,6-7,11,13H,5,8-9H2,1-2H3,(H,15,16). The first-order valence-electron chi connectivity index (χ1n) is 6.16. The van der Waals surface area contributed by atoms with Gasteiger partial charge in [0, 0.05) is 12.2 Å². The highest BCUT2D eigenvalue weighted by Gasteiger charge is 2.24. The van der Waals surface area contributed by atoms with Crippen molar-refractivity contribution in [3.05, 3.63) is 35.4 Å². The van der Waals surface area contributed by atoms with Crippen LogP contribution in [0.4, 0.5) is 0 Å². The Morgan fingerprint density at radius 3 is 2.88 bits per heavy atom. The van der Waals surface area contributed by atoms with Gasteiger partial charge in [-0.2, -0.15) is 0 Å². The van der Waals surface area contributed by atoms with Crippen LogP contribution < -0.4 is 5.32 Å². The van der Waals surface area contributed by atoms with E-state index in [2.05, 4.69) is 5.32 Å². The maximum Gasteiger partial charge on any atom is 0.251 e. The SMILES string of the molecule is Cc1ccccc1C(=O)NC(C)C1CCCO1. The van der Waals surface area contributed by atoms with Gasteiger partial charge in [0.15, 0.2) is 0 Å². The summed E-state index contributed by atoms with van der Waals surface area (Å²) in [6.45, 7) is 4.77. The molecule has 0 aromatic heterocycles. The van der Waals surface area contributed by atoms with Crippen molar-refractivity contribution < 1.29 is 9.53 Å². The second-order valence-corrected chi connectivity index (χ2v) is 4.63. The van der Waals surface area contributed by atoms with E-state index in [4.69, 9.17) is 4.74 Å². The van der Waals surface area contributed by atoms with Crippen molar-refractivity contribution >= 4 is 5.91 Å². The van der Waals surface area contributed by atoms with Crippen molar-refractivity contribution in [2.75, 3.05) is 6.61 Å². The second kappa shape index (κ2) is 5.32. The summed E-state index contributed by atoms with van der Waals surface area (Å²) in [4.78, 5) is 12.1. The summed E-state index contributed by atoms with van der Waals surface area (Å²) in [5.41, 5.74) is 1.75. The largest absolute Gasteiger partial charge is 0.376 e. The number of rotatable bonds is 3. The van der Waals surface area contributed by atoms with E-state index >= 15 is 0 Å². The summed E-state index contributed by atoms with van der Waals surface area (Å²) in [5, 5.41) is 3.02. The fraction of sp³-hybridized carbons (Fsp3) is 0.500. The Balaban J connectivity index is 1.99. The first-order valence-corrected chi connectivity index (χ1v) is 6.16. The van der Waals surface area contributed by atoms with Crippen LogP contribution in [0.3, 0.4) is 0 Å². The molecule has 17 heavy (non-hydrogen) atoms. The summed E-state index contributed by atoms with van der Waals surface area (Å²) >= 11 is 0. The first-order chi connectivity index (χ1) is 8.18. The number of hydrogen-bond donors (Lipinski definition) is 1. The van der Waals surface area contributed by atoms with Crippen molar-refractivity contribution in [1.29, 1.82) is 0 Å². The van der Waals surface area contributed by atoms with Crippen LogP contribution in [0.15, 0.2) is 24.3 Å². The Hall–Kier alpha value is -1.35. The van der Waals surface area contributed by atoms with Crippen LogP contribution in [-0.4, -0.2) is 24.7 Å². The molecule has 0 saturated carbocycles. The number of benzene rings is 1. The third kappa shape index (κ3) is 2.86. The molecule has 1 aromatic carbocycles. The average molecular weight is 233 g/mol. The minimum atomic E-state index is -0.00824. The summed E-state index contributed by atoms with van der Waals surface area (Å²) in [7, 11) is 0. The third-order valence-electron chi connectivity index (χ3n) is 3.27. The van der Waals surface area contributed by atoms with E-state index < -0.39 is 0 Å². The molecule has 1 aliphatic heterocycles. The molecule has 0 bridgehead atoms. The number of hydrogen-bond acceptors (Lipinski definition) is 2. The van der Waals surface area contributed by atoms with Crippen LogP contribution in [0.5, 0.6) is 0 Å². The van der Waals surface area contributed by atoms with E-state index in [9.17, 15) is 4.79 Å². The van der Waals surface area contributed by atoms with Gasteiger partial charge in [0.25, 0.3) is 5.91 Å². The quantitative estimate of drug-likeness (QED) is 0.870. The lowest BCUT2D eigenvalue weighted by Crippen LogP contribution is -2.41. The van der Waals surface area contributed by atoms with Gasteiger partial charge in [-0.25, -0.2) is 0 Å². The van der Waals surface area contributed by atoms with E-state index in [1.165, 1.54) is 0 Å². The zero-order chi connectivity index (χ0) is 12.3. The Morgan fingerprint density at radius 1 is 1.47 bits per heavy atom. The molecule has 1 amide bonds. The van der Waals surface area contributed by atoms with Crippen LogP contribution in [0, 0.1) is 6.92 Å². The van der Waals surface area contributed by atoms with E-state index in [0.717, 1.165) is 30.6 Å². The minimum absolute atomic E-state index is 0.00824. The van der Waals surface area contributed by atoms with Crippen LogP contribution in [0.25, 0.3) is 0 Å². The fourth-order valence-corrected chi connectivity index (χ4v) is 2.20. The second-order valence-electron chi connectivity index (χ2n) is 4.63. The van der Waals surface area contributed by atoms with Crippen molar-refractivity contribution in [2.45, 2.75) is 38.8 Å². The van der Waals surface area contributed by atoms with Gasteiger partial charge in [0.2, 0.25) is 0 Å². The molecule has 3 nitrogen and oxygen atoms in total. The molecule has 2 atom stereocenters. The lowest BCUT2D eigenvalue weighted by Gasteiger charge is -2.20. The molecule has 1 aromatic rings. The highest BCUT2D eigenvalue weighted by Crippen LogP contribution is 2.16. The van der Waals surface area contributed by atoms with Crippen molar-refractivity contribution in [2.24, 2.45) is 0 Å². The first kappa shape index (κ1) is 12.1. The van der Waals surface area contributed by atoms with Gasteiger partial charge in [-0.05, 0) is 38.3 Å². The molecule has 2 unspecified atom stereocenters. The highest BCUT2D eigenvalue weighted by atomic mass is 16.5. The number of aryl methyl sites for hydroxylation is 1. The van der Waals surface area contributed by atoms with Gasteiger partial charge in [-0.3, -0.25) is 4.79 Å². The molecular weight excluding hydrogens is 214 g/mol. The molecule has 92 valence electrons. The lowest BCUT2D eigenvalue weighted by atomic mass is 10.1. The predicted octanol–water partition coefficient (Wildman–Crippen LogP) is 2.29. The topological polar surface area (TPSA) is 38.3 Å². The van der Waals surface area contributed by atoms with Gasteiger partial charge < -0.3 is 10.1 Å². The molecule has 1 N–H and O–H groups in total. The fourth-order valence-electron chi connectivity index (χ4n) is 2.20. The highest BCUT2D eigenvalue weighted by molar-refractivity contribution is 5.95. The molecular formula is C14H19NO2. The molecule has 1 saturated heterocycles. The Kier molecular flexibility index (Phi) is 3.79. The van der Waals surface area contributed by atoms with Gasteiger partial charge in [0.1, 0.15) is 0 Å². The molecule has 1 heterocycles. The van der Waals surface area contributed by atoms with E-state index in [1.807, 2.05) is 38.1 Å². The molecule has 0 aliphatic carbocycles. The molecule has 2 rings (SSSR count). The van der Waals surface area contributed by atoms with E-state index in [0.29, 0.717) is 0 Å². The smallest absolute Gasteiger partial charge is 0.251 e. The molecule has 0 spiro atoms. The van der Waals surface area contributed by atoms with Gasteiger partial charge >= 0.3 is 0 Å². The molecule has 0 radical (unpaired) electrons. The lowest BCUT2D eigenvalue weighted by molar-refractivity contribution is 0.0712. The number of nitrogens with one attached hydrogen (secondary N) is 1. The zero-order valence-electron chi connectivity index (χ0n) is 10.4. The predicted molar refractivity (Wildman–Crippen MR) is 67.1 cm³/mol. The summed E-state index contributed by atoms with van der Waals surface area (Å²) < 4.78 is 5.57. The van der Waals surface area contributed by atoms with Crippen LogP contribution in [0.1, 0.15) is 35.7 Å². The molecule has 3 heteroatoms. The van der Waals surface area contributed by atoms with Gasteiger partial charge in [0.05, 0.1) is 12.1 Å². The zero-order valence-corrected chi connectivity index (χ0v) is 10.4. The summed E-state index contributed by atoms with van der Waals surface area (Å²) in [6, 6.07) is 7.71. The maximum atomic E-state index is 12.1. The normalized spacial score (nSPS) is 21.2. The van der Waals surface area contributed by atoms with Crippen LogP contribution in [0.2, 0.25) is 0 Å². The van der Waals surface area contributed by atoms with Crippen molar-refractivity contribution in [1.82, 2.24) is 5.32 Å². The summed E-state index contributed by atoms with van der Waals surface area (Å²) in [6.07, 6.45) is 2.30.